The van der Waals surface area contributed by atoms with Gasteiger partial charge in [0.25, 0.3) is 11.8 Å². The van der Waals surface area contributed by atoms with E-state index in [0.29, 0.717) is 21.9 Å². The topological polar surface area (TPSA) is 137 Å². The summed E-state index contributed by atoms with van der Waals surface area (Å²) in [5, 5.41) is 6.50. The first kappa shape index (κ1) is 25.7. The number of carbonyl (C=O) groups excluding carboxylic acids is 4. The number of furan rings is 2. The number of benzene rings is 2. The molecular weight excluding hydrogens is 524 g/mol. The van der Waals surface area contributed by atoms with E-state index in [2.05, 4.69) is 10.6 Å². The van der Waals surface area contributed by atoms with Crippen molar-refractivity contribution in [2.45, 2.75) is 13.8 Å². The Morgan fingerprint density at radius 3 is 1.49 bits per heavy atom. The number of carbonyl (C=O) groups is 4. The second-order valence-electron chi connectivity index (χ2n) is 8.12. The summed E-state index contributed by atoms with van der Waals surface area (Å²) in [6.07, 6.45) is 0. The fraction of sp³-hybridized carbons (Fsp3) is 0.143. The summed E-state index contributed by atoms with van der Waals surface area (Å²) in [6.45, 7) is 3.60. The zero-order valence-corrected chi connectivity index (χ0v) is 21.7. The normalized spacial score (nSPS) is 10.9. The minimum atomic E-state index is -0.708. The van der Waals surface area contributed by atoms with Gasteiger partial charge in [-0.15, -0.1) is 11.3 Å². The Hall–Kier alpha value is -4.90. The molecule has 0 saturated carbocycles. The van der Waals surface area contributed by atoms with E-state index in [1.165, 1.54) is 12.1 Å². The maximum atomic E-state index is 13.1. The van der Waals surface area contributed by atoms with E-state index in [-0.39, 0.29) is 45.9 Å². The quantitative estimate of drug-likeness (QED) is 0.223. The highest BCUT2D eigenvalue weighted by Crippen LogP contribution is 2.34. The number of anilines is 2. The molecule has 0 aliphatic rings. The van der Waals surface area contributed by atoms with Gasteiger partial charge in [-0.1, -0.05) is 24.3 Å². The second kappa shape index (κ2) is 10.8. The van der Waals surface area contributed by atoms with Gasteiger partial charge in [0.05, 0.1) is 23.0 Å². The van der Waals surface area contributed by atoms with Crippen LogP contribution in [-0.2, 0) is 9.47 Å². The molecule has 0 fully saturated rings. The molecule has 0 aliphatic heterocycles. The van der Waals surface area contributed by atoms with Crippen LogP contribution >= 0.6 is 11.3 Å². The largest absolute Gasteiger partial charge is 0.460 e. The molecular formula is C28H22N2O8S. The van der Waals surface area contributed by atoms with Gasteiger partial charge in [0, 0.05) is 10.8 Å². The molecule has 11 heteroatoms. The van der Waals surface area contributed by atoms with Crippen LogP contribution in [0.4, 0.5) is 11.4 Å². The highest BCUT2D eigenvalue weighted by atomic mass is 32.1. The molecule has 0 atom stereocenters. The third kappa shape index (κ3) is 4.99. The molecule has 3 heterocycles. The number of rotatable bonds is 8. The van der Waals surface area contributed by atoms with Gasteiger partial charge in [-0.2, -0.15) is 0 Å². The Balaban J connectivity index is 1.40. The lowest BCUT2D eigenvalue weighted by atomic mass is 10.2. The van der Waals surface area contributed by atoms with Crippen LogP contribution in [-0.4, -0.2) is 37.0 Å². The Kier molecular flexibility index (Phi) is 7.15. The van der Waals surface area contributed by atoms with Crippen molar-refractivity contribution in [3.8, 4) is 0 Å². The number of amides is 2. The van der Waals surface area contributed by atoms with Crippen LogP contribution in [0.3, 0.4) is 0 Å². The number of nitrogens with one attached hydrogen (secondary N) is 2. The van der Waals surface area contributed by atoms with E-state index in [0.717, 1.165) is 11.3 Å². The van der Waals surface area contributed by atoms with Gasteiger partial charge >= 0.3 is 11.9 Å². The lowest BCUT2D eigenvalue weighted by Gasteiger charge is -2.05. The van der Waals surface area contributed by atoms with Gasteiger partial charge in [0.2, 0.25) is 11.5 Å². The predicted molar refractivity (Wildman–Crippen MR) is 145 cm³/mol. The summed E-state index contributed by atoms with van der Waals surface area (Å²) in [7, 11) is 0. The third-order valence-electron chi connectivity index (χ3n) is 5.64. The highest BCUT2D eigenvalue weighted by molar-refractivity contribution is 7.16. The smallest absolute Gasteiger partial charge is 0.376 e. The summed E-state index contributed by atoms with van der Waals surface area (Å²) in [4.78, 5) is 51.6. The van der Waals surface area contributed by atoms with Crippen LogP contribution in [0.1, 0.15) is 54.3 Å². The molecule has 0 saturated heterocycles. The number of para-hydroxylation sites is 2. The molecule has 3 aromatic heterocycles. The van der Waals surface area contributed by atoms with Crippen molar-refractivity contribution in [1.29, 1.82) is 0 Å². The first-order valence-electron chi connectivity index (χ1n) is 12.0. The minimum Gasteiger partial charge on any atom is -0.460 e. The first-order valence-corrected chi connectivity index (χ1v) is 12.8. The summed E-state index contributed by atoms with van der Waals surface area (Å²) in [6, 6.07) is 16.7. The van der Waals surface area contributed by atoms with Gasteiger partial charge in [-0.3, -0.25) is 9.59 Å². The van der Waals surface area contributed by atoms with Crippen molar-refractivity contribution in [3.05, 3.63) is 81.9 Å². The number of esters is 2. The SMILES string of the molecule is CCOC(=O)c1oc2ccccc2c1NC(=O)c1ccc(C(=O)Nc2c(C(=O)OCC)oc3ccccc23)s1. The molecule has 0 spiro atoms. The predicted octanol–water partition coefficient (Wildman–Crippen LogP) is 6.10. The van der Waals surface area contributed by atoms with Gasteiger partial charge in [0.1, 0.15) is 22.5 Å². The van der Waals surface area contributed by atoms with Gasteiger partial charge in [0.15, 0.2) is 0 Å². The van der Waals surface area contributed by atoms with Crippen LogP contribution in [0.25, 0.3) is 21.9 Å². The number of fused-ring (bicyclic) bond motifs is 2. The molecule has 2 aromatic carbocycles. The highest BCUT2D eigenvalue weighted by Gasteiger charge is 2.26. The van der Waals surface area contributed by atoms with E-state index in [1.54, 1.807) is 62.4 Å². The zero-order valence-electron chi connectivity index (χ0n) is 20.9. The molecule has 5 rings (SSSR count). The van der Waals surface area contributed by atoms with Crippen molar-refractivity contribution in [2.24, 2.45) is 0 Å². The molecule has 2 amide bonds. The van der Waals surface area contributed by atoms with E-state index in [9.17, 15) is 19.2 Å². The number of ether oxygens (including phenoxy) is 2. The average Bonchev–Trinajstić information content (AvgIpc) is 3.66. The van der Waals surface area contributed by atoms with E-state index in [1.807, 2.05) is 0 Å². The molecule has 0 aliphatic carbocycles. The molecule has 10 nitrogen and oxygen atoms in total. The van der Waals surface area contributed by atoms with Crippen LogP contribution in [0.5, 0.6) is 0 Å². The number of hydrogen-bond donors (Lipinski definition) is 2. The Bertz CT molecular complexity index is 1600. The van der Waals surface area contributed by atoms with E-state index >= 15 is 0 Å². The van der Waals surface area contributed by atoms with Gasteiger partial charge in [-0.05, 0) is 50.2 Å². The third-order valence-corrected chi connectivity index (χ3v) is 6.73. The van der Waals surface area contributed by atoms with Crippen molar-refractivity contribution in [2.75, 3.05) is 23.8 Å². The Morgan fingerprint density at radius 1 is 0.667 bits per heavy atom. The lowest BCUT2D eigenvalue weighted by Crippen LogP contribution is -2.14. The lowest BCUT2D eigenvalue weighted by molar-refractivity contribution is 0.0485. The zero-order chi connectivity index (χ0) is 27.5. The molecule has 0 unspecified atom stereocenters. The van der Waals surface area contributed by atoms with Crippen molar-refractivity contribution in [1.82, 2.24) is 0 Å². The summed E-state index contributed by atoms with van der Waals surface area (Å²) < 4.78 is 21.4. The Morgan fingerprint density at radius 2 is 1.08 bits per heavy atom. The van der Waals surface area contributed by atoms with E-state index < -0.39 is 23.8 Å². The molecule has 39 heavy (non-hydrogen) atoms. The fourth-order valence-corrected chi connectivity index (χ4v) is 4.75. The average molecular weight is 547 g/mol. The minimum absolute atomic E-state index is 0.126. The molecule has 198 valence electrons. The Labute approximate surface area is 225 Å². The summed E-state index contributed by atoms with van der Waals surface area (Å²) in [5.74, 6) is -2.76. The maximum absolute atomic E-state index is 13.1. The van der Waals surface area contributed by atoms with Crippen LogP contribution in [0.2, 0.25) is 0 Å². The van der Waals surface area contributed by atoms with Crippen molar-refractivity contribution >= 4 is 68.4 Å². The molecule has 0 radical (unpaired) electrons. The van der Waals surface area contributed by atoms with Gasteiger partial charge in [-0.25, -0.2) is 9.59 Å². The fourth-order valence-electron chi connectivity index (χ4n) is 3.95. The maximum Gasteiger partial charge on any atom is 0.376 e. The molecule has 5 aromatic rings. The summed E-state index contributed by atoms with van der Waals surface area (Å²) in [5.41, 5.74) is 1.17. The van der Waals surface area contributed by atoms with Crippen molar-refractivity contribution < 1.29 is 37.5 Å². The number of hydrogen-bond acceptors (Lipinski definition) is 9. The first-order chi connectivity index (χ1) is 18.9. The van der Waals surface area contributed by atoms with Crippen LogP contribution in [0.15, 0.2) is 69.5 Å². The van der Waals surface area contributed by atoms with E-state index in [4.69, 9.17) is 18.3 Å². The molecule has 2 N–H and O–H groups in total. The molecule has 0 bridgehead atoms. The summed E-state index contributed by atoms with van der Waals surface area (Å²) >= 11 is 0.935. The van der Waals surface area contributed by atoms with Crippen molar-refractivity contribution in [3.63, 3.8) is 0 Å². The second-order valence-corrected chi connectivity index (χ2v) is 9.20. The standard InChI is InChI=1S/C28H22N2O8S/c1-3-35-27(33)23-21(15-9-5-7-11-17(15)37-23)29-25(31)19-13-14-20(39-19)26(32)30-22-16-10-6-8-12-18(16)38-24(22)28(34)36-4-2/h5-14H,3-4H2,1-2H3,(H,29,31)(H,30,32). The monoisotopic (exact) mass is 546 g/mol. The van der Waals surface area contributed by atoms with Crippen LogP contribution in [0, 0.1) is 0 Å². The van der Waals surface area contributed by atoms with Crippen LogP contribution < -0.4 is 10.6 Å². The van der Waals surface area contributed by atoms with Gasteiger partial charge < -0.3 is 28.9 Å². The number of thiophene rings is 1.